The second-order valence-electron chi connectivity index (χ2n) is 4.89. The summed E-state index contributed by atoms with van der Waals surface area (Å²) in [7, 11) is 1.60. The van der Waals surface area contributed by atoms with E-state index in [-0.39, 0.29) is 12.3 Å². The maximum atomic E-state index is 12.2. The predicted molar refractivity (Wildman–Crippen MR) is 76.3 cm³/mol. The largest absolute Gasteiger partial charge is 0.497 e. The van der Waals surface area contributed by atoms with Gasteiger partial charge in [0.05, 0.1) is 7.11 Å². The van der Waals surface area contributed by atoms with Gasteiger partial charge in [0.15, 0.2) is 0 Å². The number of methoxy groups -OCH3 is 1. The summed E-state index contributed by atoms with van der Waals surface area (Å²) >= 11 is 0. The molecule has 3 N–H and O–H groups in total. The number of aliphatic hydroxyl groups is 1. The van der Waals surface area contributed by atoms with Crippen molar-refractivity contribution in [2.75, 3.05) is 13.7 Å². The quantitative estimate of drug-likeness (QED) is 0.782. The van der Waals surface area contributed by atoms with Crippen LogP contribution in [0.4, 0.5) is 0 Å². The molecule has 1 atom stereocenters. The van der Waals surface area contributed by atoms with Gasteiger partial charge >= 0.3 is 0 Å². The second kappa shape index (κ2) is 6.41. The van der Waals surface area contributed by atoms with Crippen LogP contribution in [0.15, 0.2) is 35.9 Å². The molecule has 0 saturated heterocycles. The van der Waals surface area contributed by atoms with Gasteiger partial charge in [-0.2, -0.15) is 0 Å². The maximum absolute atomic E-state index is 12.2. The highest BCUT2D eigenvalue weighted by Crippen LogP contribution is 2.20. The Morgan fingerprint density at radius 3 is 2.67 bits per heavy atom. The predicted octanol–water partition coefficient (Wildman–Crippen LogP) is 0.200. The Kier molecular flexibility index (Phi) is 4.59. The molecule has 1 aromatic rings. The van der Waals surface area contributed by atoms with Crippen LogP contribution in [0.25, 0.3) is 0 Å². The number of amides is 2. The third kappa shape index (κ3) is 3.61. The van der Waals surface area contributed by atoms with Gasteiger partial charge < -0.3 is 20.5 Å². The number of hydrogen-bond donors (Lipinski definition) is 2. The average molecular weight is 290 g/mol. The molecule has 21 heavy (non-hydrogen) atoms. The third-order valence-corrected chi connectivity index (χ3v) is 3.39. The lowest BCUT2D eigenvalue weighted by Gasteiger charge is -2.17. The van der Waals surface area contributed by atoms with E-state index in [9.17, 15) is 14.7 Å². The fourth-order valence-corrected chi connectivity index (χ4v) is 2.16. The molecule has 0 bridgehead atoms. The Balaban J connectivity index is 1.95. The molecule has 2 rings (SSSR count). The third-order valence-electron chi connectivity index (χ3n) is 3.39. The number of aliphatic hydroxyl groups excluding tert-OH is 1. The lowest BCUT2D eigenvalue weighted by atomic mass is 10.1. The first-order valence-corrected chi connectivity index (χ1v) is 6.60. The fraction of sp³-hybridized carbons (Fsp3) is 0.333. The van der Waals surface area contributed by atoms with Crippen LogP contribution in [0, 0.1) is 0 Å². The Morgan fingerprint density at radius 1 is 1.43 bits per heavy atom. The molecule has 1 aromatic carbocycles. The number of nitrogens with zero attached hydrogens (tertiary/aromatic N) is 1. The van der Waals surface area contributed by atoms with Gasteiger partial charge in [-0.3, -0.25) is 9.59 Å². The van der Waals surface area contributed by atoms with Gasteiger partial charge in [0, 0.05) is 25.1 Å². The molecule has 2 amide bonds. The van der Waals surface area contributed by atoms with E-state index in [1.54, 1.807) is 18.1 Å². The maximum Gasteiger partial charge on any atom is 0.250 e. The molecular formula is C15H18N2O4. The first-order chi connectivity index (χ1) is 10.0. The first kappa shape index (κ1) is 15.1. The topological polar surface area (TPSA) is 92.9 Å². The van der Waals surface area contributed by atoms with Gasteiger partial charge in [-0.1, -0.05) is 18.2 Å². The lowest BCUT2D eigenvalue weighted by molar-refractivity contribution is -0.127. The minimum absolute atomic E-state index is 0.0344. The Labute approximate surface area is 122 Å². The number of rotatable bonds is 6. The summed E-state index contributed by atoms with van der Waals surface area (Å²) in [6.07, 6.45) is 0.367. The summed E-state index contributed by atoms with van der Waals surface area (Å²) in [4.78, 5) is 24.6. The minimum atomic E-state index is -1.32. The molecule has 1 heterocycles. The standard InChI is InChI=1S/C15H18N2O4/c1-21-12-4-2-10(3-5-12)9-17-7-6-11(15(17)20)8-13(18)14(16)19/h2-6,13,18H,7-9H2,1H3,(H2,16,19). The molecule has 0 aromatic heterocycles. The Hall–Kier alpha value is -2.34. The molecule has 0 radical (unpaired) electrons. The van der Waals surface area contributed by atoms with Crippen LogP contribution >= 0.6 is 0 Å². The van der Waals surface area contributed by atoms with E-state index in [1.165, 1.54) is 0 Å². The van der Waals surface area contributed by atoms with Crippen molar-refractivity contribution in [1.82, 2.24) is 4.90 Å². The van der Waals surface area contributed by atoms with Crippen LogP contribution in [0.5, 0.6) is 5.75 Å². The SMILES string of the molecule is COc1ccc(CN2CC=C(CC(O)C(N)=O)C2=O)cc1. The molecule has 6 heteroatoms. The number of benzene rings is 1. The monoisotopic (exact) mass is 290 g/mol. The van der Waals surface area contributed by atoms with E-state index in [0.717, 1.165) is 11.3 Å². The first-order valence-electron chi connectivity index (χ1n) is 6.60. The molecule has 6 nitrogen and oxygen atoms in total. The van der Waals surface area contributed by atoms with Crippen molar-refractivity contribution in [3.63, 3.8) is 0 Å². The van der Waals surface area contributed by atoms with Crippen molar-refractivity contribution in [1.29, 1.82) is 0 Å². The van der Waals surface area contributed by atoms with Crippen molar-refractivity contribution < 1.29 is 19.4 Å². The van der Waals surface area contributed by atoms with Crippen molar-refractivity contribution in [3.05, 3.63) is 41.5 Å². The minimum Gasteiger partial charge on any atom is -0.497 e. The fourth-order valence-electron chi connectivity index (χ4n) is 2.16. The van der Waals surface area contributed by atoms with Crippen LogP contribution in [-0.4, -0.2) is 41.6 Å². The van der Waals surface area contributed by atoms with Gasteiger partial charge in [0.1, 0.15) is 11.9 Å². The second-order valence-corrected chi connectivity index (χ2v) is 4.89. The summed E-state index contributed by atoms with van der Waals surface area (Å²) < 4.78 is 5.08. The normalized spacial score (nSPS) is 15.8. The number of nitrogens with two attached hydrogens (primary N) is 1. The number of primary amides is 1. The molecule has 1 unspecified atom stereocenters. The lowest BCUT2D eigenvalue weighted by Crippen LogP contribution is -2.31. The van der Waals surface area contributed by atoms with Gasteiger partial charge in [0.25, 0.3) is 0 Å². The van der Waals surface area contributed by atoms with Crippen molar-refractivity contribution in [2.45, 2.75) is 19.1 Å². The van der Waals surface area contributed by atoms with Crippen LogP contribution in [0.3, 0.4) is 0 Å². The zero-order valence-corrected chi connectivity index (χ0v) is 11.8. The molecule has 0 spiro atoms. The molecule has 1 aliphatic heterocycles. The summed E-state index contributed by atoms with van der Waals surface area (Å²) in [6.45, 7) is 0.932. The zero-order chi connectivity index (χ0) is 15.4. The number of carbonyl (C=O) groups excluding carboxylic acids is 2. The highest BCUT2D eigenvalue weighted by Gasteiger charge is 2.26. The molecule has 0 aliphatic carbocycles. The van der Waals surface area contributed by atoms with Crippen LogP contribution < -0.4 is 10.5 Å². The average Bonchev–Trinajstić information content (AvgIpc) is 2.81. The van der Waals surface area contributed by atoms with Gasteiger partial charge in [-0.15, -0.1) is 0 Å². The molecule has 112 valence electrons. The number of hydrogen-bond acceptors (Lipinski definition) is 4. The number of ether oxygens (including phenoxy) is 1. The molecule has 0 fully saturated rings. The van der Waals surface area contributed by atoms with E-state index >= 15 is 0 Å². The van der Waals surface area contributed by atoms with Crippen LogP contribution in [0.1, 0.15) is 12.0 Å². The smallest absolute Gasteiger partial charge is 0.250 e. The van der Waals surface area contributed by atoms with Crippen molar-refractivity contribution >= 4 is 11.8 Å². The summed E-state index contributed by atoms with van der Waals surface area (Å²) in [6, 6.07) is 7.45. The van der Waals surface area contributed by atoms with Gasteiger partial charge in [-0.25, -0.2) is 0 Å². The van der Waals surface area contributed by atoms with Crippen molar-refractivity contribution in [3.8, 4) is 5.75 Å². The van der Waals surface area contributed by atoms with E-state index in [2.05, 4.69) is 0 Å². The summed E-state index contributed by atoms with van der Waals surface area (Å²) in [5.74, 6) is -0.238. The van der Waals surface area contributed by atoms with Crippen LogP contribution in [0.2, 0.25) is 0 Å². The Bertz CT molecular complexity index is 566. The van der Waals surface area contributed by atoms with E-state index in [0.29, 0.717) is 18.7 Å². The van der Waals surface area contributed by atoms with E-state index in [4.69, 9.17) is 10.5 Å². The van der Waals surface area contributed by atoms with Gasteiger partial charge in [-0.05, 0) is 17.7 Å². The molecule has 0 saturated carbocycles. The summed E-state index contributed by atoms with van der Waals surface area (Å²) in [5, 5.41) is 9.44. The van der Waals surface area contributed by atoms with Gasteiger partial charge in [0.2, 0.25) is 11.8 Å². The Morgan fingerprint density at radius 2 is 2.10 bits per heavy atom. The summed E-state index contributed by atoms with van der Waals surface area (Å²) in [5.41, 5.74) is 6.40. The van der Waals surface area contributed by atoms with E-state index in [1.807, 2.05) is 24.3 Å². The number of carbonyl (C=O) groups is 2. The zero-order valence-electron chi connectivity index (χ0n) is 11.8. The van der Waals surface area contributed by atoms with Crippen molar-refractivity contribution in [2.24, 2.45) is 5.73 Å². The molecule has 1 aliphatic rings. The highest BCUT2D eigenvalue weighted by molar-refractivity contribution is 5.96. The molecular weight excluding hydrogens is 272 g/mol. The van der Waals surface area contributed by atoms with E-state index < -0.39 is 12.0 Å². The van der Waals surface area contributed by atoms with Crippen LogP contribution in [-0.2, 0) is 16.1 Å². The highest BCUT2D eigenvalue weighted by atomic mass is 16.5.